The molecule has 1 aliphatic rings. The zero-order valence-corrected chi connectivity index (χ0v) is 11.0. The molecule has 0 radical (unpaired) electrons. The Kier molecular flexibility index (Phi) is 4.39. The molecule has 1 amide bonds. The van der Waals surface area contributed by atoms with Crippen LogP contribution in [0.1, 0.15) is 18.9 Å². The Bertz CT molecular complexity index is 474. The van der Waals surface area contributed by atoms with E-state index >= 15 is 0 Å². The smallest absolute Gasteiger partial charge is 0.307 e. The van der Waals surface area contributed by atoms with E-state index in [1.54, 1.807) is 11.8 Å². The van der Waals surface area contributed by atoms with Crippen molar-refractivity contribution in [3.63, 3.8) is 0 Å². The van der Waals surface area contributed by atoms with Gasteiger partial charge < -0.3 is 15.0 Å². The summed E-state index contributed by atoms with van der Waals surface area (Å²) in [4.78, 5) is 25.0. The summed E-state index contributed by atoms with van der Waals surface area (Å²) < 4.78 is 4.88. The largest absolute Gasteiger partial charge is 0.466 e. The molecule has 19 heavy (non-hydrogen) atoms. The van der Waals surface area contributed by atoms with Crippen LogP contribution in [0.3, 0.4) is 0 Å². The Morgan fingerprint density at radius 2 is 2.21 bits per heavy atom. The third-order valence-electron chi connectivity index (χ3n) is 3.05. The van der Waals surface area contributed by atoms with Gasteiger partial charge in [0.2, 0.25) is 5.91 Å². The van der Waals surface area contributed by atoms with E-state index in [1.807, 2.05) is 24.3 Å². The number of carbonyl (C=O) groups excluding carboxylic acids is 2. The second-order valence-corrected chi connectivity index (χ2v) is 4.38. The first-order chi connectivity index (χ1) is 9.20. The highest BCUT2D eigenvalue weighted by Crippen LogP contribution is 2.20. The van der Waals surface area contributed by atoms with Crippen LogP contribution in [-0.4, -0.2) is 36.5 Å². The zero-order valence-electron chi connectivity index (χ0n) is 11.0. The number of nitrogens with one attached hydrogen (secondary N) is 1. The van der Waals surface area contributed by atoms with Crippen LogP contribution in [-0.2, 0) is 20.9 Å². The van der Waals surface area contributed by atoms with Gasteiger partial charge in [0, 0.05) is 18.8 Å². The average molecular weight is 262 g/mol. The molecule has 0 unspecified atom stereocenters. The summed E-state index contributed by atoms with van der Waals surface area (Å²) in [7, 11) is 0. The average Bonchev–Trinajstić information content (AvgIpc) is 2.57. The SMILES string of the molecule is CCOC(=O)CCN1Cc2ccccc2NCC1=O. The summed E-state index contributed by atoms with van der Waals surface area (Å²) in [6.45, 7) is 3.33. The normalized spacial score (nSPS) is 14.4. The predicted molar refractivity (Wildman–Crippen MR) is 71.6 cm³/mol. The van der Waals surface area contributed by atoms with Crippen LogP contribution < -0.4 is 5.32 Å². The first-order valence-corrected chi connectivity index (χ1v) is 6.46. The lowest BCUT2D eigenvalue weighted by Gasteiger charge is -2.19. The number of esters is 1. The molecule has 1 aliphatic heterocycles. The molecule has 102 valence electrons. The standard InChI is InChI=1S/C14H18N2O3/c1-2-19-14(18)7-8-16-10-11-5-3-4-6-12(11)15-9-13(16)17/h3-6,15H,2,7-10H2,1H3. The van der Waals surface area contributed by atoms with Crippen LogP contribution in [0.4, 0.5) is 5.69 Å². The maximum absolute atomic E-state index is 12.0. The van der Waals surface area contributed by atoms with E-state index in [0.29, 0.717) is 19.7 Å². The predicted octanol–water partition coefficient (Wildman–Crippen LogP) is 1.39. The molecule has 5 heteroatoms. The zero-order chi connectivity index (χ0) is 13.7. The third kappa shape index (κ3) is 3.47. The summed E-state index contributed by atoms with van der Waals surface area (Å²) in [5.41, 5.74) is 2.05. The molecule has 0 aromatic heterocycles. The quantitative estimate of drug-likeness (QED) is 0.833. The molecule has 0 saturated carbocycles. The summed E-state index contributed by atoms with van der Waals surface area (Å²) >= 11 is 0. The summed E-state index contributed by atoms with van der Waals surface area (Å²) in [6, 6.07) is 7.82. The van der Waals surface area contributed by atoms with E-state index in [9.17, 15) is 9.59 Å². The molecular weight excluding hydrogens is 244 g/mol. The molecule has 1 heterocycles. The molecule has 0 fully saturated rings. The molecule has 0 spiro atoms. The fourth-order valence-electron chi connectivity index (χ4n) is 2.07. The summed E-state index contributed by atoms with van der Waals surface area (Å²) in [6.07, 6.45) is 0.238. The van der Waals surface area contributed by atoms with E-state index < -0.39 is 0 Å². The Morgan fingerprint density at radius 3 is 3.00 bits per heavy atom. The lowest BCUT2D eigenvalue weighted by atomic mass is 10.1. The number of nitrogens with zero attached hydrogens (tertiary/aromatic N) is 1. The Morgan fingerprint density at radius 1 is 1.42 bits per heavy atom. The van der Waals surface area contributed by atoms with Crippen molar-refractivity contribution in [2.24, 2.45) is 0 Å². The van der Waals surface area contributed by atoms with Crippen LogP contribution >= 0.6 is 0 Å². The van der Waals surface area contributed by atoms with Crippen LogP contribution in [0.15, 0.2) is 24.3 Å². The Balaban J connectivity index is 2.00. The van der Waals surface area contributed by atoms with Gasteiger partial charge >= 0.3 is 5.97 Å². The van der Waals surface area contributed by atoms with Crippen molar-refractivity contribution >= 4 is 17.6 Å². The minimum absolute atomic E-state index is 0.000462. The van der Waals surface area contributed by atoms with Crippen LogP contribution in [0.2, 0.25) is 0 Å². The van der Waals surface area contributed by atoms with E-state index in [2.05, 4.69) is 5.32 Å². The van der Waals surface area contributed by atoms with Crippen molar-refractivity contribution in [1.29, 1.82) is 0 Å². The van der Waals surface area contributed by atoms with Crippen molar-refractivity contribution in [2.75, 3.05) is 25.0 Å². The van der Waals surface area contributed by atoms with Crippen LogP contribution in [0.25, 0.3) is 0 Å². The first-order valence-electron chi connectivity index (χ1n) is 6.46. The maximum atomic E-state index is 12.0. The fourth-order valence-corrected chi connectivity index (χ4v) is 2.07. The van der Waals surface area contributed by atoms with Crippen LogP contribution in [0, 0.1) is 0 Å². The minimum Gasteiger partial charge on any atom is -0.466 e. The Labute approximate surface area is 112 Å². The second kappa shape index (κ2) is 6.22. The molecule has 5 nitrogen and oxygen atoms in total. The van der Waals surface area contributed by atoms with Gasteiger partial charge in [-0.05, 0) is 18.6 Å². The molecular formula is C14H18N2O3. The molecule has 0 aliphatic carbocycles. The van der Waals surface area contributed by atoms with Crippen molar-refractivity contribution in [2.45, 2.75) is 19.9 Å². The van der Waals surface area contributed by atoms with Gasteiger partial charge in [-0.25, -0.2) is 0 Å². The fraction of sp³-hybridized carbons (Fsp3) is 0.429. The van der Waals surface area contributed by atoms with Gasteiger partial charge in [-0.2, -0.15) is 0 Å². The minimum atomic E-state index is -0.263. The van der Waals surface area contributed by atoms with E-state index in [4.69, 9.17) is 4.74 Å². The third-order valence-corrected chi connectivity index (χ3v) is 3.05. The lowest BCUT2D eigenvalue weighted by molar-refractivity contribution is -0.144. The van der Waals surface area contributed by atoms with Crippen molar-refractivity contribution < 1.29 is 14.3 Å². The molecule has 0 saturated heterocycles. The first kappa shape index (κ1) is 13.4. The van der Waals surface area contributed by atoms with Crippen molar-refractivity contribution in [3.05, 3.63) is 29.8 Å². The molecule has 1 aromatic carbocycles. The topological polar surface area (TPSA) is 58.6 Å². The van der Waals surface area contributed by atoms with Crippen LogP contribution in [0.5, 0.6) is 0 Å². The molecule has 0 atom stereocenters. The van der Waals surface area contributed by atoms with Gasteiger partial charge in [0.25, 0.3) is 0 Å². The molecule has 1 aromatic rings. The number of ether oxygens (including phenoxy) is 1. The number of fused-ring (bicyclic) bond motifs is 1. The van der Waals surface area contributed by atoms with E-state index in [0.717, 1.165) is 11.3 Å². The molecule has 1 N–H and O–H groups in total. The van der Waals surface area contributed by atoms with Crippen molar-refractivity contribution in [3.8, 4) is 0 Å². The van der Waals surface area contributed by atoms with E-state index in [-0.39, 0.29) is 24.8 Å². The number of hydrogen-bond acceptors (Lipinski definition) is 4. The number of anilines is 1. The van der Waals surface area contributed by atoms with Gasteiger partial charge in [-0.3, -0.25) is 9.59 Å². The second-order valence-electron chi connectivity index (χ2n) is 4.38. The highest BCUT2D eigenvalue weighted by atomic mass is 16.5. The van der Waals surface area contributed by atoms with Crippen molar-refractivity contribution in [1.82, 2.24) is 4.90 Å². The Hall–Kier alpha value is -2.04. The number of carbonyl (C=O) groups is 2. The monoisotopic (exact) mass is 262 g/mol. The summed E-state index contributed by atoms with van der Waals surface area (Å²) in [5, 5.41) is 3.11. The number of rotatable bonds is 4. The lowest BCUT2D eigenvalue weighted by Crippen LogP contribution is -2.34. The number of hydrogen-bond donors (Lipinski definition) is 1. The number of amides is 1. The maximum Gasteiger partial charge on any atom is 0.307 e. The van der Waals surface area contributed by atoms with Gasteiger partial charge in [-0.1, -0.05) is 18.2 Å². The number of benzene rings is 1. The molecule has 0 bridgehead atoms. The highest BCUT2D eigenvalue weighted by Gasteiger charge is 2.20. The van der Waals surface area contributed by atoms with E-state index in [1.165, 1.54) is 0 Å². The summed E-state index contributed by atoms with van der Waals surface area (Å²) in [5.74, 6) is -0.263. The van der Waals surface area contributed by atoms with Gasteiger partial charge in [0.15, 0.2) is 0 Å². The molecule has 2 rings (SSSR count). The van der Waals surface area contributed by atoms with Gasteiger partial charge in [-0.15, -0.1) is 0 Å². The highest BCUT2D eigenvalue weighted by molar-refractivity contribution is 5.83. The van der Waals surface area contributed by atoms with Gasteiger partial charge in [0.1, 0.15) is 0 Å². The number of para-hydroxylation sites is 1. The van der Waals surface area contributed by atoms with Gasteiger partial charge in [0.05, 0.1) is 19.6 Å².